The molecule has 0 atom stereocenters. The van der Waals surface area contributed by atoms with Crippen LogP contribution >= 0.6 is 0 Å². The number of phenolic OH excluding ortho intramolecular Hbond substituents is 1. The average Bonchev–Trinajstić information content (AvgIpc) is 2.44. The first-order valence-electron chi connectivity index (χ1n) is 6.06. The van der Waals surface area contributed by atoms with Crippen molar-refractivity contribution >= 4 is 11.9 Å². The second-order valence-corrected chi connectivity index (χ2v) is 4.12. The SMILES string of the molecule is C=CCc1cc(C=NNc2ccccc2)ccc1O. The van der Waals surface area contributed by atoms with Crippen LogP contribution in [0.4, 0.5) is 5.69 Å². The zero-order valence-electron chi connectivity index (χ0n) is 10.6. The second kappa shape index (κ2) is 6.40. The Labute approximate surface area is 112 Å². The van der Waals surface area contributed by atoms with E-state index in [9.17, 15) is 5.11 Å². The van der Waals surface area contributed by atoms with Gasteiger partial charge in [0.1, 0.15) is 5.75 Å². The van der Waals surface area contributed by atoms with Crippen LogP contribution in [0.2, 0.25) is 0 Å². The third kappa shape index (κ3) is 3.71. The highest BCUT2D eigenvalue weighted by Gasteiger charge is 1.99. The summed E-state index contributed by atoms with van der Waals surface area (Å²) in [7, 11) is 0. The summed E-state index contributed by atoms with van der Waals surface area (Å²) in [6.45, 7) is 3.67. The zero-order valence-corrected chi connectivity index (χ0v) is 10.6. The molecular weight excluding hydrogens is 236 g/mol. The van der Waals surface area contributed by atoms with Gasteiger partial charge in [0.15, 0.2) is 0 Å². The van der Waals surface area contributed by atoms with E-state index < -0.39 is 0 Å². The van der Waals surface area contributed by atoms with E-state index in [1.165, 1.54) is 0 Å². The van der Waals surface area contributed by atoms with Crippen molar-refractivity contribution in [3.8, 4) is 5.75 Å². The number of benzene rings is 2. The van der Waals surface area contributed by atoms with Gasteiger partial charge in [-0.25, -0.2) is 0 Å². The van der Waals surface area contributed by atoms with Gasteiger partial charge >= 0.3 is 0 Å². The van der Waals surface area contributed by atoms with Gasteiger partial charge < -0.3 is 5.11 Å². The van der Waals surface area contributed by atoms with Gasteiger partial charge in [0.2, 0.25) is 0 Å². The quantitative estimate of drug-likeness (QED) is 0.485. The summed E-state index contributed by atoms with van der Waals surface area (Å²) in [4.78, 5) is 0. The smallest absolute Gasteiger partial charge is 0.119 e. The standard InChI is InChI=1S/C16H16N2O/c1-2-6-14-11-13(9-10-16(14)19)12-17-18-15-7-4-3-5-8-15/h2-5,7-12,18-19H,1,6H2. The number of hydrogen-bond acceptors (Lipinski definition) is 3. The number of para-hydroxylation sites is 1. The summed E-state index contributed by atoms with van der Waals surface area (Å²) in [5, 5.41) is 13.8. The fourth-order valence-electron chi connectivity index (χ4n) is 1.70. The zero-order chi connectivity index (χ0) is 13.5. The van der Waals surface area contributed by atoms with Crippen LogP contribution in [0, 0.1) is 0 Å². The Bertz CT molecular complexity index is 577. The predicted molar refractivity (Wildman–Crippen MR) is 79.7 cm³/mol. The minimum Gasteiger partial charge on any atom is -0.508 e. The molecule has 3 nitrogen and oxygen atoms in total. The van der Waals surface area contributed by atoms with E-state index in [0.29, 0.717) is 6.42 Å². The van der Waals surface area contributed by atoms with E-state index >= 15 is 0 Å². The van der Waals surface area contributed by atoms with Crippen molar-refractivity contribution in [2.75, 3.05) is 5.43 Å². The normalized spacial score (nSPS) is 10.5. The Morgan fingerprint density at radius 3 is 2.68 bits per heavy atom. The van der Waals surface area contributed by atoms with Gasteiger partial charge in [0.05, 0.1) is 11.9 Å². The molecule has 0 aliphatic carbocycles. The van der Waals surface area contributed by atoms with E-state index in [2.05, 4.69) is 17.1 Å². The molecule has 0 aliphatic heterocycles. The molecule has 2 rings (SSSR count). The molecule has 0 fully saturated rings. The summed E-state index contributed by atoms with van der Waals surface area (Å²) in [5.41, 5.74) is 5.65. The van der Waals surface area contributed by atoms with Crippen molar-refractivity contribution in [2.24, 2.45) is 5.10 Å². The molecule has 96 valence electrons. The second-order valence-electron chi connectivity index (χ2n) is 4.12. The summed E-state index contributed by atoms with van der Waals surface area (Å²) in [6.07, 6.45) is 4.12. The number of nitrogens with one attached hydrogen (secondary N) is 1. The molecular formula is C16H16N2O. The molecule has 0 unspecified atom stereocenters. The number of phenols is 1. The first-order chi connectivity index (χ1) is 9.29. The predicted octanol–water partition coefficient (Wildman–Crippen LogP) is 3.57. The molecule has 0 spiro atoms. The Hall–Kier alpha value is -2.55. The lowest BCUT2D eigenvalue weighted by Crippen LogP contribution is -1.91. The molecule has 19 heavy (non-hydrogen) atoms. The highest BCUT2D eigenvalue weighted by molar-refractivity contribution is 5.81. The highest BCUT2D eigenvalue weighted by Crippen LogP contribution is 2.18. The van der Waals surface area contributed by atoms with Crippen LogP contribution in [0.3, 0.4) is 0 Å². The molecule has 0 saturated carbocycles. The minimum absolute atomic E-state index is 0.285. The maximum absolute atomic E-state index is 9.66. The van der Waals surface area contributed by atoms with E-state index in [0.717, 1.165) is 16.8 Å². The lowest BCUT2D eigenvalue weighted by Gasteiger charge is -2.03. The Morgan fingerprint density at radius 2 is 1.95 bits per heavy atom. The third-order valence-corrected chi connectivity index (χ3v) is 2.65. The molecule has 2 aromatic carbocycles. The molecule has 0 heterocycles. The van der Waals surface area contributed by atoms with Gasteiger partial charge in [-0.15, -0.1) is 6.58 Å². The number of allylic oxidation sites excluding steroid dienone is 1. The minimum atomic E-state index is 0.285. The molecule has 0 saturated heterocycles. The highest BCUT2D eigenvalue weighted by atomic mass is 16.3. The molecule has 2 N–H and O–H groups in total. The molecule has 0 amide bonds. The van der Waals surface area contributed by atoms with Crippen LogP contribution in [0.25, 0.3) is 0 Å². The third-order valence-electron chi connectivity index (χ3n) is 2.65. The summed E-state index contributed by atoms with van der Waals surface area (Å²) < 4.78 is 0. The van der Waals surface area contributed by atoms with E-state index in [4.69, 9.17) is 0 Å². The van der Waals surface area contributed by atoms with E-state index in [1.807, 2.05) is 42.5 Å². The van der Waals surface area contributed by atoms with Gasteiger partial charge in [-0.05, 0) is 47.9 Å². The first-order valence-corrected chi connectivity index (χ1v) is 6.06. The summed E-state index contributed by atoms with van der Waals surface area (Å²) in [5.74, 6) is 0.285. The largest absolute Gasteiger partial charge is 0.508 e. The summed E-state index contributed by atoms with van der Waals surface area (Å²) in [6, 6.07) is 15.1. The van der Waals surface area contributed by atoms with Gasteiger partial charge in [0.25, 0.3) is 0 Å². The van der Waals surface area contributed by atoms with Crippen molar-refractivity contribution in [2.45, 2.75) is 6.42 Å². The Kier molecular flexibility index (Phi) is 4.34. The van der Waals surface area contributed by atoms with Crippen LogP contribution in [-0.4, -0.2) is 11.3 Å². The average molecular weight is 252 g/mol. The number of hydrazone groups is 1. The van der Waals surface area contributed by atoms with Crippen molar-refractivity contribution < 1.29 is 5.11 Å². The number of nitrogens with zero attached hydrogens (tertiary/aromatic N) is 1. The molecule has 0 aromatic heterocycles. The van der Waals surface area contributed by atoms with E-state index in [1.54, 1.807) is 18.4 Å². The molecule has 0 bridgehead atoms. The van der Waals surface area contributed by atoms with Crippen LogP contribution in [0.15, 0.2) is 66.3 Å². The summed E-state index contributed by atoms with van der Waals surface area (Å²) >= 11 is 0. The van der Waals surface area contributed by atoms with Gasteiger partial charge in [-0.1, -0.05) is 24.3 Å². The first kappa shape index (κ1) is 12.9. The Morgan fingerprint density at radius 1 is 1.16 bits per heavy atom. The van der Waals surface area contributed by atoms with E-state index in [-0.39, 0.29) is 5.75 Å². The monoisotopic (exact) mass is 252 g/mol. The lowest BCUT2D eigenvalue weighted by atomic mass is 10.1. The molecule has 0 radical (unpaired) electrons. The van der Waals surface area contributed by atoms with Crippen molar-refractivity contribution in [1.29, 1.82) is 0 Å². The topological polar surface area (TPSA) is 44.6 Å². The number of rotatable bonds is 5. The van der Waals surface area contributed by atoms with Crippen LogP contribution in [0.5, 0.6) is 5.75 Å². The Balaban J connectivity index is 2.06. The number of aromatic hydroxyl groups is 1. The number of anilines is 1. The van der Waals surface area contributed by atoms with Crippen molar-refractivity contribution in [1.82, 2.24) is 0 Å². The molecule has 3 heteroatoms. The van der Waals surface area contributed by atoms with Crippen LogP contribution in [-0.2, 0) is 6.42 Å². The van der Waals surface area contributed by atoms with Crippen molar-refractivity contribution in [3.05, 3.63) is 72.3 Å². The fraction of sp³-hybridized carbons (Fsp3) is 0.0625. The number of hydrogen-bond donors (Lipinski definition) is 2. The van der Waals surface area contributed by atoms with Crippen LogP contribution < -0.4 is 5.43 Å². The lowest BCUT2D eigenvalue weighted by molar-refractivity contribution is 0.469. The maximum Gasteiger partial charge on any atom is 0.119 e. The van der Waals surface area contributed by atoms with Crippen LogP contribution in [0.1, 0.15) is 11.1 Å². The van der Waals surface area contributed by atoms with Gasteiger partial charge in [-0.3, -0.25) is 5.43 Å². The molecule has 2 aromatic rings. The molecule has 0 aliphatic rings. The van der Waals surface area contributed by atoms with Gasteiger partial charge in [0, 0.05) is 0 Å². The van der Waals surface area contributed by atoms with Crippen molar-refractivity contribution in [3.63, 3.8) is 0 Å². The fourth-order valence-corrected chi connectivity index (χ4v) is 1.70. The van der Waals surface area contributed by atoms with Gasteiger partial charge in [-0.2, -0.15) is 5.10 Å². The maximum atomic E-state index is 9.66.